The molecule has 2 rings (SSSR count). The monoisotopic (exact) mass is 482 g/mol. The van der Waals surface area contributed by atoms with Crippen LogP contribution in [-0.4, -0.2) is 64.0 Å². The summed E-state index contributed by atoms with van der Waals surface area (Å²) < 4.78 is 10.7. The van der Waals surface area contributed by atoms with Crippen LogP contribution in [-0.2, 0) is 14.4 Å². The minimum Gasteiger partial charge on any atom is -0.502 e. The van der Waals surface area contributed by atoms with Gasteiger partial charge in [-0.3, -0.25) is 19.3 Å². The van der Waals surface area contributed by atoms with Crippen LogP contribution < -0.4 is 14.8 Å². The second kappa shape index (κ2) is 11.7. The number of carboxylic acids is 1. The van der Waals surface area contributed by atoms with Crippen LogP contribution in [0.1, 0.15) is 38.2 Å². The van der Waals surface area contributed by atoms with Crippen LogP contribution in [0.2, 0.25) is 0 Å². The number of hydrogen-bond donors (Lipinski definition) is 3. The Kier molecular flexibility index (Phi) is 9.33. The van der Waals surface area contributed by atoms with E-state index in [0.717, 1.165) is 0 Å². The lowest BCUT2D eigenvalue weighted by molar-refractivity contribution is -0.141. The Labute approximate surface area is 195 Å². The van der Waals surface area contributed by atoms with Crippen molar-refractivity contribution in [2.45, 2.75) is 38.6 Å². The molecule has 0 aliphatic carbocycles. The van der Waals surface area contributed by atoms with E-state index in [1.165, 1.54) is 37.8 Å². The highest BCUT2D eigenvalue weighted by Gasteiger charge is 2.31. The Morgan fingerprint density at radius 2 is 1.84 bits per heavy atom. The topological polar surface area (TPSA) is 125 Å². The molecule has 0 radical (unpaired) electrons. The molecule has 2 amide bonds. The predicted molar refractivity (Wildman–Crippen MR) is 125 cm³/mol. The molecular formula is C21H26N2O7S2. The third-order valence-electron chi connectivity index (χ3n) is 4.71. The molecule has 1 unspecified atom stereocenters. The molecule has 0 saturated carbocycles. The average Bonchev–Trinajstić information content (AvgIpc) is 3.01. The predicted octanol–water partition coefficient (Wildman–Crippen LogP) is 2.76. The van der Waals surface area contributed by atoms with Gasteiger partial charge in [-0.25, -0.2) is 0 Å². The van der Waals surface area contributed by atoms with Crippen LogP contribution in [0.5, 0.6) is 17.2 Å². The van der Waals surface area contributed by atoms with Crippen molar-refractivity contribution in [3.05, 3.63) is 22.6 Å². The molecule has 11 heteroatoms. The van der Waals surface area contributed by atoms with Crippen molar-refractivity contribution in [1.29, 1.82) is 0 Å². The molecule has 3 N–H and O–H groups in total. The minimum absolute atomic E-state index is 0.120. The number of aliphatic carboxylic acids is 1. The van der Waals surface area contributed by atoms with E-state index >= 15 is 0 Å². The first-order valence-electron chi connectivity index (χ1n) is 9.90. The number of nitrogens with zero attached hydrogens (tertiary/aromatic N) is 1. The second-order valence-electron chi connectivity index (χ2n) is 7.05. The molecular weight excluding hydrogens is 456 g/mol. The first-order chi connectivity index (χ1) is 15.2. The van der Waals surface area contributed by atoms with Crippen LogP contribution in [0.15, 0.2) is 17.0 Å². The standard InChI is InChI=1S/C21H26N2O7S2/c1-12(20(27)28)22-17(24)7-5-4-6-8-23-19(26)16(32-21(23)31)11-13-9-14(29-2)18(25)15(10-13)30-3/h9-12,25H,4-8H2,1-3H3,(H,22,24)(H,27,28)/b16-11-. The largest absolute Gasteiger partial charge is 0.502 e. The minimum atomic E-state index is -1.08. The first-order valence-corrected chi connectivity index (χ1v) is 11.1. The van der Waals surface area contributed by atoms with E-state index in [0.29, 0.717) is 40.6 Å². The third-order valence-corrected chi connectivity index (χ3v) is 6.08. The number of benzene rings is 1. The average molecular weight is 483 g/mol. The van der Waals surface area contributed by atoms with Gasteiger partial charge in [0.25, 0.3) is 5.91 Å². The van der Waals surface area contributed by atoms with Crippen molar-refractivity contribution in [1.82, 2.24) is 10.2 Å². The van der Waals surface area contributed by atoms with Gasteiger partial charge in [0.05, 0.1) is 19.1 Å². The molecule has 174 valence electrons. The Morgan fingerprint density at radius 1 is 1.22 bits per heavy atom. The molecule has 1 aliphatic rings. The second-order valence-corrected chi connectivity index (χ2v) is 8.72. The van der Waals surface area contributed by atoms with Gasteiger partial charge >= 0.3 is 5.97 Å². The highest BCUT2D eigenvalue weighted by Crippen LogP contribution is 2.39. The van der Waals surface area contributed by atoms with E-state index < -0.39 is 12.0 Å². The number of phenolic OH excluding ortho intramolecular Hbond substituents is 1. The van der Waals surface area contributed by atoms with E-state index in [2.05, 4.69) is 5.32 Å². The van der Waals surface area contributed by atoms with Gasteiger partial charge in [-0.15, -0.1) is 0 Å². The Balaban J connectivity index is 1.91. The van der Waals surface area contributed by atoms with E-state index in [4.69, 9.17) is 26.8 Å². The third kappa shape index (κ3) is 6.60. The van der Waals surface area contributed by atoms with Crippen molar-refractivity contribution in [3.8, 4) is 17.2 Å². The van der Waals surface area contributed by atoms with Gasteiger partial charge in [-0.1, -0.05) is 30.4 Å². The number of phenols is 1. The molecule has 0 spiro atoms. The summed E-state index contributed by atoms with van der Waals surface area (Å²) >= 11 is 6.53. The summed E-state index contributed by atoms with van der Waals surface area (Å²) in [6, 6.07) is 2.28. The van der Waals surface area contributed by atoms with E-state index in [1.54, 1.807) is 18.2 Å². The summed E-state index contributed by atoms with van der Waals surface area (Å²) in [7, 11) is 2.85. The fraction of sp³-hybridized carbons (Fsp3) is 0.429. The summed E-state index contributed by atoms with van der Waals surface area (Å²) in [6.07, 6.45) is 3.81. The van der Waals surface area contributed by atoms with Crippen molar-refractivity contribution in [3.63, 3.8) is 0 Å². The molecule has 1 aromatic rings. The number of methoxy groups -OCH3 is 2. The summed E-state index contributed by atoms with van der Waals surface area (Å²) in [4.78, 5) is 37.2. The van der Waals surface area contributed by atoms with Gasteiger partial charge in [-0.2, -0.15) is 0 Å². The Morgan fingerprint density at radius 3 is 2.41 bits per heavy atom. The zero-order valence-corrected chi connectivity index (χ0v) is 19.7. The van der Waals surface area contributed by atoms with Crippen LogP contribution in [0.4, 0.5) is 0 Å². The maximum Gasteiger partial charge on any atom is 0.325 e. The molecule has 1 fully saturated rings. The summed E-state index contributed by atoms with van der Waals surface area (Å²) in [5.74, 6) is -1.26. The lowest BCUT2D eigenvalue weighted by Gasteiger charge is -2.14. The number of hydrogen-bond acceptors (Lipinski definition) is 8. The van der Waals surface area contributed by atoms with Crippen molar-refractivity contribution in [2.24, 2.45) is 0 Å². The Hall–Kier alpha value is -2.79. The summed E-state index contributed by atoms with van der Waals surface area (Å²) in [6.45, 7) is 1.84. The normalized spacial score (nSPS) is 15.7. The maximum atomic E-state index is 12.8. The number of aromatic hydroxyl groups is 1. The number of carbonyl (C=O) groups is 3. The van der Waals surface area contributed by atoms with E-state index in [9.17, 15) is 19.5 Å². The maximum absolute atomic E-state index is 12.8. The van der Waals surface area contributed by atoms with Gasteiger partial charge in [-0.05, 0) is 43.5 Å². The number of ether oxygens (including phenoxy) is 2. The molecule has 1 saturated heterocycles. The number of rotatable bonds is 11. The molecule has 1 aromatic carbocycles. The Bertz CT molecular complexity index is 908. The zero-order chi connectivity index (χ0) is 23.8. The number of amides is 2. The van der Waals surface area contributed by atoms with Gasteiger partial charge in [0.15, 0.2) is 11.5 Å². The number of thioether (sulfide) groups is 1. The molecule has 32 heavy (non-hydrogen) atoms. The molecule has 0 bridgehead atoms. The van der Waals surface area contributed by atoms with Gasteiger partial charge in [0.1, 0.15) is 10.4 Å². The molecule has 1 atom stereocenters. The first kappa shape index (κ1) is 25.5. The van der Waals surface area contributed by atoms with Crippen molar-refractivity contribution >= 4 is 52.2 Å². The van der Waals surface area contributed by atoms with Gasteiger partial charge in [0.2, 0.25) is 11.7 Å². The summed E-state index contributed by atoms with van der Waals surface area (Å²) in [5.41, 5.74) is 0.624. The lowest BCUT2D eigenvalue weighted by Crippen LogP contribution is -2.38. The highest BCUT2D eigenvalue weighted by atomic mass is 32.2. The summed E-state index contributed by atoms with van der Waals surface area (Å²) in [5, 5.41) is 21.2. The highest BCUT2D eigenvalue weighted by molar-refractivity contribution is 8.26. The number of unbranched alkanes of at least 4 members (excludes halogenated alkanes) is 2. The number of carboxylic acid groups (broad SMARTS) is 1. The smallest absolute Gasteiger partial charge is 0.325 e. The van der Waals surface area contributed by atoms with E-state index in [-0.39, 0.29) is 35.5 Å². The van der Waals surface area contributed by atoms with Crippen LogP contribution in [0.25, 0.3) is 6.08 Å². The lowest BCUT2D eigenvalue weighted by atomic mass is 10.1. The SMILES string of the molecule is COc1cc(/C=C2\SC(=S)N(CCCCCC(=O)NC(C)C(=O)O)C2=O)cc(OC)c1O. The number of nitrogens with one attached hydrogen (secondary N) is 1. The van der Waals surface area contributed by atoms with Crippen LogP contribution in [0, 0.1) is 0 Å². The van der Waals surface area contributed by atoms with Gasteiger partial charge < -0.3 is 25.0 Å². The number of carbonyl (C=O) groups excluding carboxylic acids is 2. The van der Waals surface area contributed by atoms with Crippen molar-refractivity contribution in [2.75, 3.05) is 20.8 Å². The quantitative estimate of drug-likeness (QED) is 0.248. The fourth-order valence-corrected chi connectivity index (χ4v) is 4.26. The zero-order valence-electron chi connectivity index (χ0n) is 18.0. The van der Waals surface area contributed by atoms with Gasteiger partial charge in [0, 0.05) is 13.0 Å². The van der Waals surface area contributed by atoms with Crippen LogP contribution >= 0.6 is 24.0 Å². The van der Waals surface area contributed by atoms with Crippen LogP contribution in [0.3, 0.4) is 0 Å². The molecule has 9 nitrogen and oxygen atoms in total. The molecule has 0 aromatic heterocycles. The van der Waals surface area contributed by atoms with Crippen molar-refractivity contribution < 1.29 is 34.1 Å². The molecule has 1 aliphatic heterocycles. The fourth-order valence-electron chi connectivity index (χ4n) is 2.95. The molecule has 1 heterocycles. The number of thiocarbonyl (C=S) groups is 1. The van der Waals surface area contributed by atoms with E-state index in [1.807, 2.05) is 0 Å².